The number of carboxylic acids is 1. The average molecular weight is 380 g/mol. The van der Waals surface area contributed by atoms with E-state index in [1.165, 1.54) is 26.0 Å². The van der Waals surface area contributed by atoms with Crippen LogP contribution in [-0.4, -0.2) is 58.6 Å². The van der Waals surface area contributed by atoms with E-state index >= 15 is 0 Å². The summed E-state index contributed by atoms with van der Waals surface area (Å²) >= 11 is 0. The minimum absolute atomic E-state index is 0.0434. The number of hydrogen-bond acceptors (Lipinski definition) is 6. The molecule has 7 N–H and O–H groups in total. The first-order valence-electron chi connectivity index (χ1n) is 8.24. The van der Waals surface area contributed by atoms with E-state index in [1.54, 1.807) is 12.1 Å². The molecule has 0 aromatic heterocycles. The molecule has 3 amide bonds. The molecule has 0 aliphatic carbocycles. The molecule has 27 heavy (non-hydrogen) atoms. The van der Waals surface area contributed by atoms with E-state index in [0.717, 1.165) is 0 Å². The molecule has 0 bridgehead atoms. The van der Waals surface area contributed by atoms with Crippen LogP contribution in [0.2, 0.25) is 0 Å². The molecule has 3 atom stereocenters. The van der Waals surface area contributed by atoms with Gasteiger partial charge in [0, 0.05) is 6.42 Å². The van der Waals surface area contributed by atoms with Crippen molar-refractivity contribution in [1.82, 2.24) is 16.0 Å². The molecular weight excluding hydrogens is 356 g/mol. The molecule has 10 nitrogen and oxygen atoms in total. The van der Waals surface area contributed by atoms with Crippen molar-refractivity contribution in [2.45, 2.75) is 38.4 Å². The van der Waals surface area contributed by atoms with Crippen molar-refractivity contribution < 1.29 is 29.4 Å². The van der Waals surface area contributed by atoms with Gasteiger partial charge < -0.3 is 31.9 Å². The topological polar surface area (TPSA) is 171 Å². The van der Waals surface area contributed by atoms with Gasteiger partial charge in [0.25, 0.3) is 0 Å². The zero-order chi connectivity index (χ0) is 20.6. The Morgan fingerprint density at radius 1 is 1.00 bits per heavy atom. The van der Waals surface area contributed by atoms with E-state index in [2.05, 4.69) is 16.0 Å². The fourth-order valence-electron chi connectivity index (χ4n) is 2.07. The van der Waals surface area contributed by atoms with E-state index in [4.69, 9.17) is 10.8 Å². The molecule has 0 aliphatic heterocycles. The number of phenols is 1. The molecule has 1 aromatic carbocycles. The number of nitrogens with two attached hydrogens (primary N) is 1. The molecule has 3 unspecified atom stereocenters. The van der Waals surface area contributed by atoms with Crippen molar-refractivity contribution in [2.75, 3.05) is 6.54 Å². The SMILES string of the molecule is CC(N)C(=O)NC(C)C(=O)NC(Cc1ccc(O)cc1)C(=O)NCC(=O)O. The van der Waals surface area contributed by atoms with Gasteiger partial charge in [-0.3, -0.25) is 19.2 Å². The van der Waals surface area contributed by atoms with Gasteiger partial charge in [-0.15, -0.1) is 0 Å². The Labute approximate surface area is 156 Å². The van der Waals surface area contributed by atoms with Crippen LogP contribution < -0.4 is 21.7 Å². The number of benzene rings is 1. The lowest BCUT2D eigenvalue weighted by Crippen LogP contribution is -2.55. The predicted molar refractivity (Wildman–Crippen MR) is 95.6 cm³/mol. The smallest absolute Gasteiger partial charge is 0.322 e. The van der Waals surface area contributed by atoms with E-state index < -0.39 is 48.4 Å². The van der Waals surface area contributed by atoms with Gasteiger partial charge in [0.05, 0.1) is 6.04 Å². The van der Waals surface area contributed by atoms with Crippen LogP contribution in [-0.2, 0) is 25.6 Å². The Balaban J connectivity index is 2.84. The maximum Gasteiger partial charge on any atom is 0.322 e. The summed E-state index contributed by atoms with van der Waals surface area (Å²) in [4.78, 5) is 46.8. The largest absolute Gasteiger partial charge is 0.508 e. The third kappa shape index (κ3) is 7.74. The number of rotatable bonds is 9. The normalized spacial score (nSPS) is 13.7. The van der Waals surface area contributed by atoms with Crippen molar-refractivity contribution in [2.24, 2.45) is 5.73 Å². The van der Waals surface area contributed by atoms with Crippen LogP contribution in [0.3, 0.4) is 0 Å². The second-order valence-electron chi connectivity index (χ2n) is 6.06. The van der Waals surface area contributed by atoms with Gasteiger partial charge >= 0.3 is 5.97 Å². The van der Waals surface area contributed by atoms with Gasteiger partial charge in [-0.2, -0.15) is 0 Å². The summed E-state index contributed by atoms with van der Waals surface area (Å²) in [6.45, 7) is 2.30. The predicted octanol–water partition coefficient (Wildman–Crippen LogP) is -1.53. The molecule has 1 aromatic rings. The molecule has 0 spiro atoms. The van der Waals surface area contributed by atoms with Crippen molar-refractivity contribution >= 4 is 23.7 Å². The van der Waals surface area contributed by atoms with Crippen molar-refractivity contribution in [1.29, 1.82) is 0 Å². The molecular formula is C17H24N4O6. The third-order valence-electron chi connectivity index (χ3n) is 3.59. The Bertz CT molecular complexity index is 689. The first kappa shape index (κ1) is 21.9. The molecule has 0 saturated carbocycles. The van der Waals surface area contributed by atoms with Crippen molar-refractivity contribution in [3.63, 3.8) is 0 Å². The molecule has 148 valence electrons. The van der Waals surface area contributed by atoms with Crippen LogP contribution in [0, 0.1) is 0 Å². The number of phenolic OH excluding ortho intramolecular Hbond substituents is 1. The lowest BCUT2D eigenvalue weighted by Gasteiger charge is -2.21. The zero-order valence-corrected chi connectivity index (χ0v) is 15.1. The third-order valence-corrected chi connectivity index (χ3v) is 3.59. The Morgan fingerprint density at radius 2 is 1.59 bits per heavy atom. The summed E-state index contributed by atoms with van der Waals surface area (Å²) in [6.07, 6.45) is 0.0609. The minimum atomic E-state index is -1.23. The van der Waals surface area contributed by atoms with E-state index in [9.17, 15) is 24.3 Å². The molecule has 0 fully saturated rings. The summed E-state index contributed by atoms with van der Waals surface area (Å²) < 4.78 is 0. The number of carbonyl (C=O) groups is 4. The van der Waals surface area contributed by atoms with Gasteiger partial charge in [0.15, 0.2) is 0 Å². The fraction of sp³-hybridized carbons (Fsp3) is 0.412. The molecule has 0 radical (unpaired) electrons. The van der Waals surface area contributed by atoms with Gasteiger partial charge in [-0.05, 0) is 31.5 Å². The highest BCUT2D eigenvalue weighted by Gasteiger charge is 2.25. The van der Waals surface area contributed by atoms with Crippen molar-refractivity contribution in [3.8, 4) is 5.75 Å². The van der Waals surface area contributed by atoms with Gasteiger partial charge in [0.1, 0.15) is 24.4 Å². The lowest BCUT2D eigenvalue weighted by atomic mass is 10.0. The quantitative estimate of drug-likeness (QED) is 0.302. The second kappa shape index (κ2) is 10.1. The van der Waals surface area contributed by atoms with Crippen LogP contribution in [0.15, 0.2) is 24.3 Å². The Morgan fingerprint density at radius 3 is 2.11 bits per heavy atom. The van der Waals surface area contributed by atoms with Crippen LogP contribution in [0.4, 0.5) is 0 Å². The Hall–Kier alpha value is -3.14. The first-order valence-corrected chi connectivity index (χ1v) is 8.24. The number of aromatic hydroxyl groups is 1. The fourth-order valence-corrected chi connectivity index (χ4v) is 2.07. The van der Waals surface area contributed by atoms with E-state index in [-0.39, 0.29) is 12.2 Å². The summed E-state index contributed by atoms with van der Waals surface area (Å²) in [5.41, 5.74) is 6.07. The summed E-state index contributed by atoms with van der Waals surface area (Å²) in [5, 5.41) is 25.1. The average Bonchev–Trinajstić information content (AvgIpc) is 2.60. The number of carboxylic acid groups (broad SMARTS) is 1. The van der Waals surface area contributed by atoms with Crippen LogP contribution in [0.1, 0.15) is 19.4 Å². The number of amides is 3. The van der Waals surface area contributed by atoms with E-state index in [1.807, 2.05) is 0 Å². The number of nitrogens with one attached hydrogen (secondary N) is 3. The van der Waals surface area contributed by atoms with Crippen molar-refractivity contribution in [3.05, 3.63) is 29.8 Å². The van der Waals surface area contributed by atoms with E-state index in [0.29, 0.717) is 5.56 Å². The Kier molecular flexibility index (Phi) is 8.21. The minimum Gasteiger partial charge on any atom is -0.508 e. The molecule has 0 aliphatic rings. The highest BCUT2D eigenvalue weighted by Crippen LogP contribution is 2.11. The number of carbonyl (C=O) groups excluding carboxylic acids is 3. The molecule has 1 rings (SSSR count). The highest BCUT2D eigenvalue weighted by atomic mass is 16.4. The second-order valence-corrected chi connectivity index (χ2v) is 6.06. The summed E-state index contributed by atoms with van der Waals surface area (Å²) in [5.74, 6) is -3.02. The van der Waals surface area contributed by atoms with Gasteiger partial charge in [0.2, 0.25) is 17.7 Å². The van der Waals surface area contributed by atoms with Crippen LogP contribution in [0.25, 0.3) is 0 Å². The van der Waals surface area contributed by atoms with Crippen LogP contribution in [0.5, 0.6) is 5.75 Å². The maximum absolute atomic E-state index is 12.3. The first-order chi connectivity index (χ1) is 12.6. The van der Waals surface area contributed by atoms with Gasteiger partial charge in [-0.1, -0.05) is 12.1 Å². The summed E-state index contributed by atoms with van der Waals surface area (Å²) in [6, 6.07) is 3.17. The standard InChI is InChI=1S/C17H24N4O6/c1-9(18)15(25)20-10(2)16(26)21-13(17(27)19-8-14(23)24)7-11-3-5-12(22)6-4-11/h3-6,9-10,13,22H,7-8,18H2,1-2H3,(H,19,27)(H,20,25)(H,21,26)(H,23,24). The molecule has 0 heterocycles. The monoisotopic (exact) mass is 380 g/mol. The van der Waals surface area contributed by atoms with Gasteiger partial charge in [-0.25, -0.2) is 0 Å². The summed E-state index contributed by atoms with van der Waals surface area (Å²) in [7, 11) is 0. The molecule has 10 heteroatoms. The molecule has 0 saturated heterocycles. The zero-order valence-electron chi connectivity index (χ0n) is 15.1. The number of aliphatic carboxylic acids is 1. The highest BCUT2D eigenvalue weighted by molar-refractivity contribution is 5.93. The lowest BCUT2D eigenvalue weighted by molar-refractivity contribution is -0.138. The number of hydrogen-bond donors (Lipinski definition) is 6. The van der Waals surface area contributed by atoms with Crippen LogP contribution >= 0.6 is 0 Å². The maximum atomic E-state index is 12.3.